The maximum atomic E-state index is 13.4. The highest BCUT2D eigenvalue weighted by Gasteiger charge is 2.21. The fourth-order valence-corrected chi connectivity index (χ4v) is 1.27. The molecule has 0 spiro atoms. The summed E-state index contributed by atoms with van der Waals surface area (Å²) in [5.74, 6) is -3.51. The van der Waals surface area contributed by atoms with Gasteiger partial charge in [-0.3, -0.25) is 4.79 Å². The number of hydrogen-bond donors (Lipinski definition) is 4. The van der Waals surface area contributed by atoms with Crippen molar-refractivity contribution < 1.29 is 28.7 Å². The van der Waals surface area contributed by atoms with Gasteiger partial charge in [-0.2, -0.15) is 0 Å². The van der Waals surface area contributed by atoms with Crippen LogP contribution in [0.15, 0.2) is 12.1 Å². The Morgan fingerprint density at radius 2 is 1.82 bits per heavy atom. The van der Waals surface area contributed by atoms with Crippen molar-refractivity contribution in [2.24, 2.45) is 5.73 Å². The smallest absolute Gasteiger partial charge is 0.480 e. The number of hydrogen-bond acceptors (Lipinski definition) is 4. The Balaban J connectivity index is 3.06. The van der Waals surface area contributed by atoms with Crippen LogP contribution in [0.1, 0.15) is 5.56 Å². The molecule has 0 aliphatic rings. The Kier molecular flexibility index (Phi) is 4.16. The minimum absolute atomic E-state index is 0.354. The van der Waals surface area contributed by atoms with Crippen LogP contribution in [0.5, 0.6) is 0 Å². The molecule has 0 amide bonds. The molecule has 1 atom stereocenters. The van der Waals surface area contributed by atoms with E-state index in [4.69, 9.17) is 20.9 Å². The van der Waals surface area contributed by atoms with Gasteiger partial charge in [0.05, 0.1) is 0 Å². The minimum Gasteiger partial charge on any atom is -0.480 e. The number of carboxylic acids is 1. The van der Waals surface area contributed by atoms with Crippen molar-refractivity contribution in [3.63, 3.8) is 0 Å². The van der Waals surface area contributed by atoms with Gasteiger partial charge in [0.2, 0.25) is 0 Å². The van der Waals surface area contributed by atoms with Crippen molar-refractivity contribution in [3.8, 4) is 0 Å². The van der Waals surface area contributed by atoms with Crippen molar-refractivity contribution in [1.82, 2.24) is 0 Å². The molecule has 1 rings (SSSR count). The van der Waals surface area contributed by atoms with Crippen molar-refractivity contribution in [1.29, 1.82) is 0 Å². The summed E-state index contributed by atoms with van der Waals surface area (Å²) in [7, 11) is -2.00. The van der Waals surface area contributed by atoms with Crippen LogP contribution >= 0.6 is 0 Å². The van der Waals surface area contributed by atoms with E-state index >= 15 is 0 Å². The Hall–Kier alpha value is -1.51. The zero-order chi connectivity index (χ0) is 13.2. The molecule has 1 aromatic rings. The van der Waals surface area contributed by atoms with E-state index in [0.717, 1.165) is 12.1 Å². The van der Waals surface area contributed by atoms with Crippen LogP contribution in [0, 0.1) is 11.6 Å². The predicted molar refractivity (Wildman–Crippen MR) is 55.5 cm³/mol. The first kappa shape index (κ1) is 13.6. The van der Waals surface area contributed by atoms with Crippen molar-refractivity contribution in [3.05, 3.63) is 29.3 Å². The third kappa shape index (κ3) is 3.22. The van der Waals surface area contributed by atoms with E-state index in [1.54, 1.807) is 0 Å². The molecule has 5 nitrogen and oxygen atoms in total. The van der Waals surface area contributed by atoms with Crippen molar-refractivity contribution in [2.45, 2.75) is 12.5 Å². The lowest BCUT2D eigenvalue weighted by molar-refractivity contribution is -0.138. The van der Waals surface area contributed by atoms with Crippen LogP contribution in [-0.4, -0.2) is 34.3 Å². The molecule has 0 aliphatic heterocycles. The minimum atomic E-state index is -2.00. The Morgan fingerprint density at radius 3 is 2.18 bits per heavy atom. The zero-order valence-electron chi connectivity index (χ0n) is 8.60. The summed E-state index contributed by atoms with van der Waals surface area (Å²) in [5, 5.41) is 26.0. The average Bonchev–Trinajstić information content (AvgIpc) is 2.22. The third-order valence-electron chi connectivity index (χ3n) is 2.20. The van der Waals surface area contributed by atoms with Gasteiger partial charge in [-0.25, -0.2) is 8.78 Å². The van der Waals surface area contributed by atoms with E-state index in [-0.39, 0.29) is 5.46 Å². The third-order valence-corrected chi connectivity index (χ3v) is 2.20. The molecule has 0 bridgehead atoms. The fourth-order valence-electron chi connectivity index (χ4n) is 1.27. The Morgan fingerprint density at radius 1 is 1.35 bits per heavy atom. The van der Waals surface area contributed by atoms with Gasteiger partial charge >= 0.3 is 13.1 Å². The molecule has 1 aromatic carbocycles. The number of aliphatic carboxylic acids is 1. The largest absolute Gasteiger partial charge is 0.488 e. The van der Waals surface area contributed by atoms with Crippen LogP contribution in [0.4, 0.5) is 8.78 Å². The molecule has 0 fully saturated rings. The maximum absolute atomic E-state index is 13.4. The van der Waals surface area contributed by atoms with Crippen LogP contribution < -0.4 is 11.2 Å². The summed E-state index contributed by atoms with van der Waals surface area (Å²) in [5.41, 5.74) is 4.30. The average molecular weight is 244 g/mol. The van der Waals surface area contributed by atoms with E-state index in [9.17, 15) is 13.6 Å². The van der Waals surface area contributed by atoms with Crippen molar-refractivity contribution in [2.75, 3.05) is 0 Å². The first-order valence-corrected chi connectivity index (χ1v) is 4.65. The highest BCUT2D eigenvalue weighted by Crippen LogP contribution is 2.13. The van der Waals surface area contributed by atoms with Gasteiger partial charge < -0.3 is 20.9 Å². The molecule has 0 radical (unpaired) electrons. The molecule has 0 aliphatic carbocycles. The Bertz CT molecular complexity index is 418. The van der Waals surface area contributed by atoms with Crippen LogP contribution in [0.25, 0.3) is 0 Å². The summed E-state index contributed by atoms with van der Waals surface area (Å²) < 4.78 is 26.8. The van der Waals surface area contributed by atoms with Gasteiger partial charge in [-0.15, -0.1) is 0 Å². The zero-order valence-corrected chi connectivity index (χ0v) is 8.60. The molecule has 0 unspecified atom stereocenters. The van der Waals surface area contributed by atoms with Gasteiger partial charge in [0.25, 0.3) is 0 Å². The van der Waals surface area contributed by atoms with E-state index in [1.807, 2.05) is 0 Å². The number of rotatable bonds is 4. The number of carboxylic acid groups (broad SMARTS) is 1. The molecular formula is C9H10BF2NO4. The lowest BCUT2D eigenvalue weighted by Gasteiger charge is -2.10. The molecule has 0 heterocycles. The molecule has 0 aromatic heterocycles. The monoisotopic (exact) mass is 244 g/mol. The molecule has 0 saturated carbocycles. The SMILES string of the molecule is N[C@H](Cc1c(F)cc([10B](O)O)cc1F)C(=O)O. The van der Waals surface area contributed by atoms with Crippen molar-refractivity contribution >= 4 is 18.6 Å². The highest BCUT2D eigenvalue weighted by molar-refractivity contribution is 6.58. The summed E-state index contributed by atoms with van der Waals surface area (Å²) in [6.07, 6.45) is -0.519. The second-order valence-corrected chi connectivity index (χ2v) is 3.49. The first-order valence-electron chi connectivity index (χ1n) is 4.65. The van der Waals surface area contributed by atoms with E-state index < -0.39 is 42.7 Å². The topological polar surface area (TPSA) is 104 Å². The number of nitrogens with two attached hydrogens (primary N) is 1. The van der Waals surface area contributed by atoms with Gasteiger partial charge in [0, 0.05) is 12.0 Å². The lowest BCUT2D eigenvalue weighted by Crippen LogP contribution is -2.34. The van der Waals surface area contributed by atoms with E-state index in [2.05, 4.69) is 0 Å². The van der Waals surface area contributed by atoms with E-state index in [1.165, 1.54) is 0 Å². The first-order chi connectivity index (χ1) is 7.82. The summed E-state index contributed by atoms with van der Waals surface area (Å²) in [4.78, 5) is 10.5. The van der Waals surface area contributed by atoms with Crippen LogP contribution in [-0.2, 0) is 11.2 Å². The highest BCUT2D eigenvalue weighted by atomic mass is 19.1. The molecule has 17 heavy (non-hydrogen) atoms. The fraction of sp³-hybridized carbons (Fsp3) is 0.222. The molecule has 92 valence electrons. The molecule has 5 N–H and O–H groups in total. The second-order valence-electron chi connectivity index (χ2n) is 3.49. The van der Waals surface area contributed by atoms with E-state index in [0.29, 0.717) is 0 Å². The van der Waals surface area contributed by atoms with Gasteiger partial charge in [-0.05, 0) is 17.6 Å². The van der Waals surface area contributed by atoms with Gasteiger partial charge in [0.1, 0.15) is 17.7 Å². The number of benzene rings is 1. The van der Waals surface area contributed by atoms with Gasteiger partial charge in [-0.1, -0.05) is 0 Å². The lowest BCUT2D eigenvalue weighted by atomic mass is 9.26. The summed E-state index contributed by atoms with van der Waals surface area (Å²) in [6, 6.07) is 0.0128. The number of carbonyl (C=O) groups is 1. The van der Waals surface area contributed by atoms with Crippen LogP contribution in [0.2, 0.25) is 0 Å². The summed E-state index contributed by atoms with van der Waals surface area (Å²) >= 11 is 0. The maximum Gasteiger partial charge on any atom is 0.488 e. The standard InChI is InChI=1S/C9H10BF2NO4/c11-6-1-4(10(16)17)2-7(12)5(6)3-8(13)9(14)15/h1-2,8,16-17H,3,13H2,(H,14,15)/t8-/m1/s1/i10-1. The molecule has 0 saturated heterocycles. The quantitative estimate of drug-likeness (QED) is 0.488. The van der Waals surface area contributed by atoms with Gasteiger partial charge in [0.15, 0.2) is 0 Å². The normalized spacial score (nSPS) is 12.3. The Labute approximate surface area is 95.6 Å². The molecule has 8 heteroatoms. The second kappa shape index (κ2) is 5.22. The molecular weight excluding hydrogens is 234 g/mol. The predicted octanol–water partition coefficient (Wildman–Crippen LogP) is -1.40. The summed E-state index contributed by atoms with van der Waals surface area (Å²) in [6.45, 7) is 0. The van der Waals surface area contributed by atoms with Crippen LogP contribution in [0.3, 0.4) is 0 Å². The number of halogens is 2.